The predicted molar refractivity (Wildman–Crippen MR) is 101 cm³/mol. The molecule has 0 aliphatic carbocycles. The van der Waals surface area contributed by atoms with Crippen LogP contribution >= 0.6 is 0 Å². The van der Waals surface area contributed by atoms with E-state index in [0.29, 0.717) is 6.04 Å². The Kier molecular flexibility index (Phi) is 5.22. The predicted octanol–water partition coefficient (Wildman–Crippen LogP) is 2.14. The fraction of sp³-hybridized carbons (Fsp3) is 0.600. The highest BCUT2D eigenvalue weighted by molar-refractivity contribution is 5.81. The van der Waals surface area contributed by atoms with Crippen LogP contribution in [0.15, 0.2) is 30.6 Å². The lowest BCUT2D eigenvalue weighted by Gasteiger charge is -2.37. The molecule has 1 atom stereocenters. The molecular weight excluding hydrogens is 328 g/mol. The fourth-order valence-corrected chi connectivity index (χ4v) is 4.14. The van der Waals surface area contributed by atoms with Gasteiger partial charge in [-0.15, -0.1) is 0 Å². The smallest absolute Gasteiger partial charge is 0.251 e. The molecule has 0 spiro atoms. The van der Waals surface area contributed by atoms with E-state index in [9.17, 15) is 4.79 Å². The number of carbonyl (C=O) groups excluding carboxylic acids is 1. The number of hydrogen-bond donors (Lipinski definition) is 0. The number of rotatable bonds is 5. The molecule has 4 rings (SSSR count). The summed E-state index contributed by atoms with van der Waals surface area (Å²) in [6.07, 6.45) is 5.73. The molecule has 1 amide bonds. The Morgan fingerprint density at radius 2 is 2.08 bits per heavy atom. The highest BCUT2D eigenvalue weighted by Gasteiger charge is 2.31. The summed E-state index contributed by atoms with van der Waals surface area (Å²) in [6, 6.07) is 8.80. The number of nitrogens with zero attached hydrogens (tertiary/aromatic N) is 4. The van der Waals surface area contributed by atoms with E-state index in [1.807, 2.05) is 17.3 Å². The number of amides is 1. The second-order valence-electron chi connectivity index (χ2n) is 7.47. The van der Waals surface area contributed by atoms with Gasteiger partial charge in [0.05, 0.1) is 17.4 Å². The summed E-state index contributed by atoms with van der Waals surface area (Å²) in [5.41, 5.74) is 2.24. The number of aromatic nitrogens is 2. The highest BCUT2D eigenvalue weighted by Crippen LogP contribution is 2.20. The van der Waals surface area contributed by atoms with Gasteiger partial charge in [-0.1, -0.05) is 12.1 Å². The summed E-state index contributed by atoms with van der Waals surface area (Å²) in [5.74, 6) is 0.202. The highest BCUT2D eigenvalue weighted by atomic mass is 16.5. The van der Waals surface area contributed by atoms with Gasteiger partial charge in [0, 0.05) is 38.8 Å². The molecule has 6 nitrogen and oxygen atoms in total. The Bertz CT molecular complexity index is 745. The van der Waals surface area contributed by atoms with E-state index in [1.54, 1.807) is 0 Å². The van der Waals surface area contributed by atoms with Crippen LogP contribution in [0.4, 0.5) is 0 Å². The second kappa shape index (κ2) is 7.76. The summed E-state index contributed by atoms with van der Waals surface area (Å²) < 4.78 is 7.77. The first kappa shape index (κ1) is 17.5. The molecule has 0 bridgehead atoms. The van der Waals surface area contributed by atoms with E-state index in [0.717, 1.165) is 64.0 Å². The van der Waals surface area contributed by atoms with Crippen molar-refractivity contribution in [1.82, 2.24) is 19.4 Å². The number of fused-ring (bicyclic) bond motifs is 1. The number of hydrogen-bond acceptors (Lipinski definition) is 4. The number of imidazole rings is 1. The van der Waals surface area contributed by atoms with Gasteiger partial charge in [-0.3, -0.25) is 4.79 Å². The van der Waals surface area contributed by atoms with Gasteiger partial charge in [-0.05, 0) is 44.9 Å². The SMILES string of the molecule is CN(CCn1cnc2ccccc21)C1CCN(C(=O)C2CCCO2)CC1. The zero-order valence-corrected chi connectivity index (χ0v) is 15.5. The normalized spacial score (nSPS) is 21.8. The van der Waals surface area contributed by atoms with E-state index in [4.69, 9.17) is 4.74 Å². The minimum atomic E-state index is -0.182. The molecule has 2 saturated heterocycles. The Hall–Kier alpha value is -1.92. The van der Waals surface area contributed by atoms with Crippen LogP contribution < -0.4 is 0 Å². The van der Waals surface area contributed by atoms with Crippen molar-refractivity contribution in [1.29, 1.82) is 0 Å². The number of carbonyl (C=O) groups is 1. The lowest BCUT2D eigenvalue weighted by atomic mass is 10.0. The van der Waals surface area contributed by atoms with Crippen molar-refractivity contribution in [3.63, 3.8) is 0 Å². The molecule has 0 radical (unpaired) electrons. The molecule has 0 saturated carbocycles. The lowest BCUT2D eigenvalue weighted by molar-refractivity contribution is -0.142. The first-order valence-corrected chi connectivity index (χ1v) is 9.73. The number of likely N-dealkylation sites (N-methyl/N-ethyl adjacent to an activating group) is 1. The summed E-state index contributed by atoms with van der Waals surface area (Å²) in [5, 5.41) is 0. The topological polar surface area (TPSA) is 50.6 Å². The summed E-state index contributed by atoms with van der Waals surface area (Å²) in [7, 11) is 2.20. The number of ether oxygens (including phenoxy) is 1. The van der Waals surface area contributed by atoms with Gasteiger partial charge in [-0.25, -0.2) is 4.98 Å². The molecule has 26 heavy (non-hydrogen) atoms. The molecule has 2 aliphatic heterocycles. The molecule has 1 aromatic heterocycles. The van der Waals surface area contributed by atoms with Gasteiger partial charge >= 0.3 is 0 Å². The van der Waals surface area contributed by atoms with Crippen molar-refractivity contribution >= 4 is 16.9 Å². The van der Waals surface area contributed by atoms with Crippen molar-refractivity contribution in [2.75, 3.05) is 33.3 Å². The molecule has 2 aliphatic rings. The number of para-hydroxylation sites is 2. The first-order valence-electron chi connectivity index (χ1n) is 9.73. The van der Waals surface area contributed by atoms with Crippen LogP contribution in [-0.2, 0) is 16.1 Å². The monoisotopic (exact) mass is 356 g/mol. The van der Waals surface area contributed by atoms with Crippen molar-refractivity contribution < 1.29 is 9.53 Å². The van der Waals surface area contributed by atoms with Crippen LogP contribution in [-0.4, -0.2) is 70.7 Å². The number of piperidine rings is 1. The molecule has 0 N–H and O–H groups in total. The van der Waals surface area contributed by atoms with Crippen LogP contribution in [0.5, 0.6) is 0 Å². The van der Waals surface area contributed by atoms with E-state index in [-0.39, 0.29) is 12.0 Å². The van der Waals surface area contributed by atoms with Crippen LogP contribution in [0.25, 0.3) is 11.0 Å². The van der Waals surface area contributed by atoms with Crippen molar-refractivity contribution in [2.45, 2.75) is 44.4 Å². The van der Waals surface area contributed by atoms with E-state index >= 15 is 0 Å². The standard InChI is InChI=1S/C20H28N4O2/c1-22(12-13-24-15-21-17-5-2-3-6-18(17)24)16-8-10-23(11-9-16)20(25)19-7-4-14-26-19/h2-3,5-6,15-16,19H,4,7-14H2,1H3. The molecule has 3 heterocycles. The number of benzene rings is 1. The van der Waals surface area contributed by atoms with Crippen LogP contribution in [0.1, 0.15) is 25.7 Å². The van der Waals surface area contributed by atoms with Gasteiger partial charge in [0.15, 0.2) is 0 Å². The largest absolute Gasteiger partial charge is 0.368 e. The molecule has 1 aromatic carbocycles. The third kappa shape index (κ3) is 3.62. The van der Waals surface area contributed by atoms with Gasteiger partial charge in [0.2, 0.25) is 0 Å². The maximum atomic E-state index is 12.5. The average Bonchev–Trinajstić information content (AvgIpc) is 3.36. The second-order valence-corrected chi connectivity index (χ2v) is 7.47. The molecule has 2 fully saturated rings. The Labute approximate surface area is 154 Å². The van der Waals surface area contributed by atoms with Gasteiger partial charge in [-0.2, -0.15) is 0 Å². The maximum Gasteiger partial charge on any atom is 0.251 e. The quantitative estimate of drug-likeness (QED) is 0.824. The Balaban J connectivity index is 1.27. The fourth-order valence-electron chi connectivity index (χ4n) is 4.14. The molecular formula is C20H28N4O2. The average molecular weight is 356 g/mol. The summed E-state index contributed by atoms with van der Waals surface area (Å²) in [4.78, 5) is 21.4. The third-order valence-electron chi connectivity index (χ3n) is 5.83. The summed E-state index contributed by atoms with van der Waals surface area (Å²) in [6.45, 7) is 4.36. The third-order valence-corrected chi connectivity index (χ3v) is 5.83. The minimum Gasteiger partial charge on any atom is -0.368 e. The zero-order chi connectivity index (χ0) is 17.9. The number of likely N-dealkylation sites (tertiary alicyclic amines) is 1. The first-order chi connectivity index (χ1) is 12.7. The van der Waals surface area contributed by atoms with Gasteiger partial charge in [0.1, 0.15) is 6.10 Å². The van der Waals surface area contributed by atoms with Crippen molar-refractivity contribution in [2.24, 2.45) is 0 Å². The molecule has 140 valence electrons. The maximum absolute atomic E-state index is 12.5. The van der Waals surface area contributed by atoms with Crippen molar-refractivity contribution in [3.05, 3.63) is 30.6 Å². The Morgan fingerprint density at radius 1 is 1.27 bits per heavy atom. The van der Waals surface area contributed by atoms with Crippen LogP contribution in [0.2, 0.25) is 0 Å². The van der Waals surface area contributed by atoms with E-state index < -0.39 is 0 Å². The lowest BCUT2D eigenvalue weighted by Crippen LogP contribution is -2.48. The van der Waals surface area contributed by atoms with Gasteiger partial charge in [0.25, 0.3) is 5.91 Å². The molecule has 2 aromatic rings. The molecule has 6 heteroatoms. The Morgan fingerprint density at radius 3 is 2.85 bits per heavy atom. The van der Waals surface area contributed by atoms with E-state index in [2.05, 4.69) is 39.7 Å². The zero-order valence-electron chi connectivity index (χ0n) is 15.5. The van der Waals surface area contributed by atoms with E-state index in [1.165, 1.54) is 5.52 Å². The minimum absolute atomic E-state index is 0.182. The van der Waals surface area contributed by atoms with Gasteiger partial charge < -0.3 is 19.1 Å². The van der Waals surface area contributed by atoms with Crippen LogP contribution in [0.3, 0.4) is 0 Å². The van der Waals surface area contributed by atoms with Crippen molar-refractivity contribution in [3.8, 4) is 0 Å². The molecule has 1 unspecified atom stereocenters. The summed E-state index contributed by atoms with van der Waals surface area (Å²) >= 11 is 0. The van der Waals surface area contributed by atoms with Crippen LogP contribution in [0, 0.1) is 0 Å².